The van der Waals surface area contributed by atoms with Crippen molar-refractivity contribution in [1.29, 1.82) is 0 Å². The first kappa shape index (κ1) is 25.2. The van der Waals surface area contributed by atoms with E-state index in [-0.39, 0.29) is 11.4 Å². The molecule has 0 atom stereocenters. The van der Waals surface area contributed by atoms with Crippen molar-refractivity contribution in [2.24, 2.45) is 0 Å². The number of benzene rings is 1. The SMILES string of the molecule is Cc1ccc(-n2nc(-c3nc(N4CCN(C)CC4)no3)ccc2=O)cc1Cl.O=C(O)C(F)(F)F. The maximum absolute atomic E-state index is 12.3. The van der Waals surface area contributed by atoms with E-state index in [9.17, 15) is 18.0 Å². The molecule has 3 heterocycles. The average Bonchev–Trinajstić information content (AvgIpc) is 3.27. The Labute approximate surface area is 196 Å². The topological polar surface area (TPSA) is 118 Å². The number of aromatic nitrogens is 4. The number of hydrogen-bond acceptors (Lipinski definition) is 8. The second-order valence-electron chi connectivity index (χ2n) is 7.39. The third-order valence-electron chi connectivity index (χ3n) is 4.86. The monoisotopic (exact) mass is 500 g/mol. The van der Waals surface area contributed by atoms with Gasteiger partial charge in [-0.25, -0.2) is 4.79 Å². The Morgan fingerprint density at radius 1 is 1.15 bits per heavy atom. The lowest BCUT2D eigenvalue weighted by Crippen LogP contribution is -2.44. The van der Waals surface area contributed by atoms with Gasteiger partial charge < -0.3 is 19.4 Å². The standard InChI is InChI=1S/C18H19ClN6O2.C2HF3O2/c1-12-3-4-13(11-14(12)19)25-16(26)6-5-15(21-25)17-20-18(22-27-17)24-9-7-23(2)8-10-24;3-2(4,5)1(6)7/h3-6,11H,7-10H2,1-2H3;(H,6,7). The number of aliphatic carboxylic acids is 1. The van der Waals surface area contributed by atoms with Crippen molar-refractivity contribution in [3.63, 3.8) is 0 Å². The molecular weight excluding hydrogens is 481 g/mol. The van der Waals surface area contributed by atoms with Crippen LogP contribution in [0.3, 0.4) is 0 Å². The number of alkyl halides is 3. The van der Waals surface area contributed by atoms with Gasteiger partial charge in [0, 0.05) is 37.3 Å². The number of carboxylic acid groups (broad SMARTS) is 1. The molecule has 1 fully saturated rings. The molecule has 14 heteroatoms. The predicted molar refractivity (Wildman–Crippen MR) is 116 cm³/mol. The number of rotatable bonds is 3. The smallest absolute Gasteiger partial charge is 0.475 e. The summed E-state index contributed by atoms with van der Waals surface area (Å²) < 4.78 is 38.4. The summed E-state index contributed by atoms with van der Waals surface area (Å²) in [5, 5.41) is 16.1. The summed E-state index contributed by atoms with van der Waals surface area (Å²) >= 11 is 6.18. The number of aryl methyl sites for hydroxylation is 1. The molecule has 34 heavy (non-hydrogen) atoms. The number of hydrogen-bond donors (Lipinski definition) is 1. The molecule has 1 aliphatic heterocycles. The van der Waals surface area contributed by atoms with Gasteiger partial charge in [0.2, 0.25) is 0 Å². The summed E-state index contributed by atoms with van der Waals surface area (Å²) in [6.45, 7) is 5.47. The number of anilines is 1. The van der Waals surface area contributed by atoms with Crippen molar-refractivity contribution in [3.8, 4) is 17.3 Å². The van der Waals surface area contributed by atoms with E-state index < -0.39 is 12.1 Å². The lowest BCUT2D eigenvalue weighted by atomic mass is 10.2. The first-order valence-electron chi connectivity index (χ1n) is 9.90. The molecule has 0 saturated carbocycles. The van der Waals surface area contributed by atoms with Gasteiger partial charge in [0.05, 0.1) is 5.69 Å². The zero-order valence-electron chi connectivity index (χ0n) is 18.1. The summed E-state index contributed by atoms with van der Waals surface area (Å²) in [5.41, 5.74) is 1.67. The Bertz CT molecular complexity index is 1220. The van der Waals surface area contributed by atoms with E-state index in [1.54, 1.807) is 18.2 Å². The summed E-state index contributed by atoms with van der Waals surface area (Å²) in [5.74, 6) is -1.94. The van der Waals surface area contributed by atoms with Crippen molar-refractivity contribution >= 4 is 23.5 Å². The number of likely N-dealkylation sites (N-methyl/N-ethyl adjacent to an activating group) is 1. The third-order valence-corrected chi connectivity index (χ3v) is 5.27. The highest BCUT2D eigenvalue weighted by Crippen LogP contribution is 2.21. The molecule has 182 valence electrons. The molecule has 4 rings (SSSR count). The molecule has 1 aliphatic rings. The van der Waals surface area contributed by atoms with E-state index in [0.717, 1.165) is 31.7 Å². The minimum absolute atomic E-state index is 0.266. The van der Waals surface area contributed by atoms with E-state index in [1.165, 1.54) is 10.7 Å². The summed E-state index contributed by atoms with van der Waals surface area (Å²) in [6.07, 6.45) is -5.08. The predicted octanol–water partition coefficient (Wildman–Crippen LogP) is 2.63. The van der Waals surface area contributed by atoms with Crippen LogP contribution in [0, 0.1) is 6.92 Å². The molecular formula is C20H20ClF3N6O4. The third kappa shape index (κ3) is 6.11. The largest absolute Gasteiger partial charge is 0.490 e. The lowest BCUT2D eigenvalue weighted by molar-refractivity contribution is -0.192. The molecule has 0 aliphatic carbocycles. The first-order valence-corrected chi connectivity index (χ1v) is 10.3. The average molecular weight is 501 g/mol. The molecule has 0 bridgehead atoms. The lowest BCUT2D eigenvalue weighted by Gasteiger charge is -2.31. The second-order valence-corrected chi connectivity index (χ2v) is 7.80. The van der Waals surface area contributed by atoms with Crippen LogP contribution in [0.1, 0.15) is 5.56 Å². The Balaban J connectivity index is 0.000000406. The van der Waals surface area contributed by atoms with Gasteiger partial charge in [-0.1, -0.05) is 17.7 Å². The van der Waals surface area contributed by atoms with E-state index in [1.807, 2.05) is 13.0 Å². The number of nitrogens with zero attached hydrogens (tertiary/aromatic N) is 6. The maximum Gasteiger partial charge on any atom is 0.490 e. The molecule has 0 amide bonds. The normalized spacial score (nSPS) is 14.5. The fourth-order valence-corrected chi connectivity index (χ4v) is 3.05. The maximum atomic E-state index is 12.3. The Kier molecular flexibility index (Phi) is 7.57. The Morgan fingerprint density at radius 3 is 2.38 bits per heavy atom. The van der Waals surface area contributed by atoms with Crippen molar-refractivity contribution in [1.82, 2.24) is 24.8 Å². The summed E-state index contributed by atoms with van der Waals surface area (Å²) in [4.78, 5) is 29.9. The van der Waals surface area contributed by atoms with Crippen LogP contribution in [-0.2, 0) is 4.79 Å². The number of carboxylic acids is 1. The van der Waals surface area contributed by atoms with E-state index in [2.05, 4.69) is 32.1 Å². The fourth-order valence-electron chi connectivity index (χ4n) is 2.88. The van der Waals surface area contributed by atoms with Crippen molar-refractivity contribution in [2.45, 2.75) is 13.1 Å². The van der Waals surface area contributed by atoms with Crippen LogP contribution < -0.4 is 10.5 Å². The molecule has 1 saturated heterocycles. The molecule has 2 aromatic heterocycles. The van der Waals surface area contributed by atoms with Gasteiger partial charge in [-0.3, -0.25) is 4.79 Å². The highest BCUT2D eigenvalue weighted by molar-refractivity contribution is 6.31. The minimum Gasteiger partial charge on any atom is -0.475 e. The van der Waals surface area contributed by atoms with Crippen LogP contribution >= 0.6 is 11.6 Å². The molecule has 1 N–H and O–H groups in total. The number of carbonyl (C=O) groups is 1. The molecule has 0 spiro atoms. The van der Waals surface area contributed by atoms with Crippen LogP contribution in [0.5, 0.6) is 0 Å². The summed E-state index contributed by atoms with van der Waals surface area (Å²) in [7, 11) is 2.09. The summed E-state index contributed by atoms with van der Waals surface area (Å²) in [6, 6.07) is 8.35. The van der Waals surface area contributed by atoms with E-state index >= 15 is 0 Å². The van der Waals surface area contributed by atoms with E-state index in [0.29, 0.717) is 22.4 Å². The number of halogens is 4. The first-order chi connectivity index (χ1) is 16.0. The zero-order chi connectivity index (χ0) is 25.0. The second kappa shape index (κ2) is 10.2. The van der Waals surface area contributed by atoms with Crippen molar-refractivity contribution in [3.05, 3.63) is 51.3 Å². The molecule has 0 unspecified atom stereocenters. The van der Waals surface area contributed by atoms with Crippen molar-refractivity contribution in [2.75, 3.05) is 38.1 Å². The molecule has 3 aromatic rings. The van der Waals surface area contributed by atoms with Crippen LogP contribution in [0.2, 0.25) is 5.02 Å². The molecule has 10 nitrogen and oxygen atoms in total. The van der Waals surface area contributed by atoms with Crippen LogP contribution in [0.4, 0.5) is 19.1 Å². The minimum atomic E-state index is -5.08. The fraction of sp³-hybridized carbons (Fsp3) is 0.350. The van der Waals surface area contributed by atoms with Gasteiger partial charge in [0.15, 0.2) is 0 Å². The highest BCUT2D eigenvalue weighted by atomic mass is 35.5. The van der Waals surface area contributed by atoms with Gasteiger partial charge in [-0.05, 0) is 42.9 Å². The van der Waals surface area contributed by atoms with Gasteiger partial charge in [0.25, 0.3) is 17.4 Å². The van der Waals surface area contributed by atoms with Crippen LogP contribution in [0.25, 0.3) is 17.3 Å². The Morgan fingerprint density at radius 2 is 1.79 bits per heavy atom. The van der Waals surface area contributed by atoms with Gasteiger partial charge in [-0.2, -0.15) is 27.9 Å². The van der Waals surface area contributed by atoms with Gasteiger partial charge in [0.1, 0.15) is 5.69 Å². The van der Waals surface area contributed by atoms with Crippen LogP contribution in [0.15, 0.2) is 39.6 Å². The highest BCUT2D eigenvalue weighted by Gasteiger charge is 2.38. The van der Waals surface area contributed by atoms with Gasteiger partial charge in [-0.15, -0.1) is 0 Å². The van der Waals surface area contributed by atoms with Gasteiger partial charge >= 0.3 is 12.1 Å². The molecule has 0 radical (unpaired) electrons. The Hall–Kier alpha value is -3.45. The quantitative estimate of drug-likeness (QED) is 0.579. The zero-order valence-corrected chi connectivity index (χ0v) is 18.8. The number of piperazine rings is 1. The van der Waals surface area contributed by atoms with Crippen molar-refractivity contribution < 1.29 is 27.6 Å². The van der Waals surface area contributed by atoms with Crippen LogP contribution in [-0.4, -0.2) is 75.3 Å². The van der Waals surface area contributed by atoms with E-state index in [4.69, 9.17) is 26.0 Å². The molecule has 1 aromatic carbocycles.